The van der Waals surface area contributed by atoms with Crippen molar-refractivity contribution in [1.82, 2.24) is 9.97 Å². The number of aromatic nitrogens is 2. The van der Waals surface area contributed by atoms with Gasteiger partial charge in [-0.3, -0.25) is 9.59 Å². The molecule has 0 bridgehead atoms. The summed E-state index contributed by atoms with van der Waals surface area (Å²) in [4.78, 5) is 27.2. The van der Waals surface area contributed by atoms with Gasteiger partial charge in [0.2, 0.25) is 0 Å². The first-order chi connectivity index (χ1) is 5.33. The first kappa shape index (κ1) is 7.33. The normalized spacial score (nSPS) is 8.73. The van der Waals surface area contributed by atoms with E-state index in [9.17, 15) is 9.59 Å². The smallest absolute Gasteiger partial charge is 0.327 e. The van der Waals surface area contributed by atoms with Gasteiger partial charge in [0.25, 0.3) is 5.56 Å². The highest BCUT2D eigenvalue weighted by Gasteiger charge is 1.91. The Kier molecular flexibility index (Phi) is 2.27. The molecule has 11 heavy (non-hydrogen) atoms. The molecule has 0 aromatic carbocycles. The second-order valence-electron chi connectivity index (χ2n) is 1.58. The lowest BCUT2D eigenvalue weighted by molar-refractivity contribution is -0.121. The van der Waals surface area contributed by atoms with Gasteiger partial charge < -0.3 is 4.74 Å². The maximum absolute atomic E-state index is 10.6. The lowest BCUT2D eigenvalue weighted by Crippen LogP contribution is -2.02. The Morgan fingerprint density at radius 2 is 2.36 bits per heavy atom. The summed E-state index contributed by atoms with van der Waals surface area (Å²) in [6.45, 7) is 0.161. The zero-order valence-electron chi connectivity index (χ0n) is 5.43. The van der Waals surface area contributed by atoms with E-state index < -0.39 is 5.56 Å². The van der Waals surface area contributed by atoms with E-state index in [1.165, 1.54) is 18.3 Å². The Hall–Kier alpha value is -1.78. The SMILES string of the molecule is O=COc1ncccc(=O)n1. The summed E-state index contributed by atoms with van der Waals surface area (Å²) in [6.07, 6.45) is 1.31. The van der Waals surface area contributed by atoms with Crippen molar-refractivity contribution < 1.29 is 9.53 Å². The number of carbonyl (C=O) groups excluding carboxylic acids is 1. The van der Waals surface area contributed by atoms with Gasteiger partial charge in [-0.25, -0.2) is 4.98 Å². The van der Waals surface area contributed by atoms with Crippen LogP contribution in [0, 0.1) is 0 Å². The highest BCUT2D eigenvalue weighted by molar-refractivity contribution is 5.41. The number of nitrogens with zero attached hydrogens (tertiary/aromatic N) is 2. The average molecular weight is 152 g/mol. The fourth-order valence-corrected chi connectivity index (χ4v) is 0.492. The van der Waals surface area contributed by atoms with Crippen LogP contribution in [0.5, 0.6) is 6.01 Å². The zero-order chi connectivity index (χ0) is 8.10. The molecule has 5 nitrogen and oxygen atoms in total. The first-order valence-corrected chi connectivity index (χ1v) is 2.76. The number of rotatable bonds is 2. The minimum Gasteiger partial charge on any atom is -0.393 e. The van der Waals surface area contributed by atoms with E-state index in [0.29, 0.717) is 0 Å². The van der Waals surface area contributed by atoms with E-state index in [4.69, 9.17) is 0 Å². The third-order valence-electron chi connectivity index (χ3n) is 0.869. The van der Waals surface area contributed by atoms with Gasteiger partial charge in [-0.15, -0.1) is 0 Å². The van der Waals surface area contributed by atoms with Gasteiger partial charge in [-0.1, -0.05) is 0 Å². The summed E-state index contributed by atoms with van der Waals surface area (Å²) in [5.74, 6) is 0. The molecule has 1 aromatic rings. The van der Waals surface area contributed by atoms with Crippen LogP contribution in [-0.4, -0.2) is 16.4 Å². The summed E-state index contributed by atoms with van der Waals surface area (Å²) < 4.78 is 4.24. The second kappa shape index (κ2) is 3.40. The molecule has 0 aliphatic heterocycles. The molecule has 0 N–H and O–H groups in total. The lowest BCUT2D eigenvalue weighted by Gasteiger charge is -1.84. The van der Waals surface area contributed by atoms with Crippen LogP contribution < -0.4 is 10.3 Å². The maximum Gasteiger partial charge on any atom is 0.327 e. The van der Waals surface area contributed by atoms with Crippen LogP contribution in [0.4, 0.5) is 0 Å². The van der Waals surface area contributed by atoms with Crippen LogP contribution in [0.3, 0.4) is 0 Å². The Balaban J connectivity index is 3.10. The molecule has 1 aromatic heterocycles. The minimum absolute atomic E-state index is 0.161. The molecule has 0 fully saturated rings. The molecule has 0 amide bonds. The van der Waals surface area contributed by atoms with Crippen molar-refractivity contribution in [1.29, 1.82) is 0 Å². The molecule has 0 saturated heterocycles. The van der Waals surface area contributed by atoms with Gasteiger partial charge in [0, 0.05) is 12.3 Å². The van der Waals surface area contributed by atoms with E-state index in [1.54, 1.807) is 0 Å². The van der Waals surface area contributed by atoms with Crippen molar-refractivity contribution in [2.75, 3.05) is 0 Å². The third kappa shape index (κ3) is 2.13. The van der Waals surface area contributed by atoms with Crippen molar-refractivity contribution in [3.05, 3.63) is 28.7 Å². The number of hydrogen-bond acceptors (Lipinski definition) is 5. The highest BCUT2D eigenvalue weighted by atomic mass is 16.5. The fraction of sp³-hybridized carbons (Fsp3) is 0. The van der Waals surface area contributed by atoms with Crippen molar-refractivity contribution in [3.63, 3.8) is 0 Å². The molecule has 0 spiro atoms. The van der Waals surface area contributed by atoms with Crippen LogP contribution in [0.25, 0.3) is 0 Å². The van der Waals surface area contributed by atoms with E-state index in [1.807, 2.05) is 0 Å². The third-order valence-corrected chi connectivity index (χ3v) is 0.869. The summed E-state index contributed by atoms with van der Waals surface area (Å²) >= 11 is 0. The van der Waals surface area contributed by atoms with Crippen LogP contribution in [0.2, 0.25) is 0 Å². The average Bonchev–Trinajstić information content (AvgIpc) is 2.15. The highest BCUT2D eigenvalue weighted by Crippen LogP contribution is 1.90. The predicted molar refractivity (Wildman–Crippen MR) is 35.0 cm³/mol. The van der Waals surface area contributed by atoms with Gasteiger partial charge in [0.1, 0.15) is 0 Å². The molecule has 1 heterocycles. The summed E-state index contributed by atoms with van der Waals surface area (Å²) in [5.41, 5.74) is -0.501. The molecule has 0 aliphatic rings. The molecular formula is C6H4N2O3. The minimum atomic E-state index is -0.501. The van der Waals surface area contributed by atoms with Gasteiger partial charge in [-0.05, 0) is 6.07 Å². The van der Waals surface area contributed by atoms with E-state index in [2.05, 4.69) is 14.7 Å². The topological polar surface area (TPSA) is 69.2 Å². The molecule has 5 heteroatoms. The molecule has 1 rings (SSSR count). The Bertz CT molecular complexity index is 313. The number of carbonyl (C=O) groups is 1. The molecule has 0 saturated carbocycles. The van der Waals surface area contributed by atoms with Crippen LogP contribution >= 0.6 is 0 Å². The van der Waals surface area contributed by atoms with Crippen LogP contribution in [0.15, 0.2) is 23.1 Å². The van der Waals surface area contributed by atoms with Crippen LogP contribution in [-0.2, 0) is 4.79 Å². The predicted octanol–water partition coefficient (Wildman–Crippen LogP) is -0.628. The van der Waals surface area contributed by atoms with Gasteiger partial charge in [0.05, 0.1) is 0 Å². The lowest BCUT2D eigenvalue weighted by atomic mass is 10.6. The second-order valence-corrected chi connectivity index (χ2v) is 1.58. The van der Waals surface area contributed by atoms with E-state index >= 15 is 0 Å². The van der Waals surface area contributed by atoms with Crippen molar-refractivity contribution >= 4 is 6.47 Å². The molecule has 0 aliphatic carbocycles. The first-order valence-electron chi connectivity index (χ1n) is 2.76. The van der Waals surface area contributed by atoms with Crippen LogP contribution in [0.1, 0.15) is 0 Å². The van der Waals surface area contributed by atoms with Gasteiger partial charge in [-0.2, -0.15) is 4.98 Å². The molecule has 0 radical (unpaired) electrons. The summed E-state index contributed by atoms with van der Waals surface area (Å²) in [6, 6.07) is 2.38. The van der Waals surface area contributed by atoms with Crippen molar-refractivity contribution in [2.24, 2.45) is 0 Å². The molecular weight excluding hydrogens is 148 g/mol. The van der Waals surface area contributed by atoms with E-state index in [-0.39, 0.29) is 12.5 Å². The van der Waals surface area contributed by atoms with E-state index in [0.717, 1.165) is 0 Å². The maximum atomic E-state index is 10.6. The van der Waals surface area contributed by atoms with Crippen molar-refractivity contribution in [3.8, 4) is 6.01 Å². The standard InChI is InChI=1S/C6H4N2O3/c9-4-11-6-7-3-1-2-5(10)8-6/h1-4H. The van der Waals surface area contributed by atoms with Crippen molar-refractivity contribution in [2.45, 2.75) is 0 Å². The number of ether oxygens (including phenoxy) is 1. The molecule has 56 valence electrons. The molecule has 0 unspecified atom stereocenters. The largest absolute Gasteiger partial charge is 0.393 e. The summed E-state index contributed by atoms with van der Waals surface area (Å²) in [7, 11) is 0. The fourth-order valence-electron chi connectivity index (χ4n) is 0.492. The van der Waals surface area contributed by atoms with Gasteiger partial charge >= 0.3 is 12.5 Å². The Morgan fingerprint density at radius 3 is 3.09 bits per heavy atom. The Morgan fingerprint density at radius 1 is 1.55 bits per heavy atom. The zero-order valence-corrected chi connectivity index (χ0v) is 5.43. The molecule has 0 atom stereocenters. The Labute approximate surface area is 61.7 Å². The summed E-state index contributed by atoms with van der Waals surface area (Å²) in [5, 5.41) is 0. The quantitative estimate of drug-likeness (QED) is 0.528. The monoisotopic (exact) mass is 152 g/mol. The number of hydrogen-bond donors (Lipinski definition) is 0. The van der Waals surface area contributed by atoms with Gasteiger partial charge in [0.15, 0.2) is 0 Å².